The number of fused-ring (bicyclic) bond motifs is 3. The van der Waals surface area contributed by atoms with Gasteiger partial charge < -0.3 is 14.6 Å². The Morgan fingerprint density at radius 3 is 1.51 bits per heavy atom. The van der Waals surface area contributed by atoms with Crippen molar-refractivity contribution < 1.29 is 24.2 Å². The number of benzene rings is 5. The van der Waals surface area contributed by atoms with Crippen molar-refractivity contribution in [3.05, 3.63) is 167 Å². The largest absolute Gasteiger partial charge is 0.480 e. The van der Waals surface area contributed by atoms with Crippen molar-refractivity contribution in [2.45, 2.75) is 30.6 Å². The minimum atomic E-state index is -1.34. The number of aliphatic carboxylic acids is 1. The van der Waals surface area contributed by atoms with Crippen LogP contribution in [0.4, 0.5) is 4.79 Å². The molecule has 1 N–H and O–H groups in total. The molecule has 0 spiro atoms. The van der Waals surface area contributed by atoms with E-state index in [0.29, 0.717) is 0 Å². The minimum Gasteiger partial charge on any atom is -0.480 e. The number of nitrogens with zero attached hydrogens (tertiary/aromatic N) is 1. The van der Waals surface area contributed by atoms with Crippen LogP contribution in [-0.4, -0.2) is 47.9 Å². The molecule has 0 radical (unpaired) electrons. The van der Waals surface area contributed by atoms with Crippen molar-refractivity contribution in [3.63, 3.8) is 0 Å². The van der Waals surface area contributed by atoms with Gasteiger partial charge in [0.15, 0.2) is 6.04 Å². The second-order valence-electron chi connectivity index (χ2n) is 11.3. The van der Waals surface area contributed by atoms with E-state index < -0.39 is 29.8 Å². The van der Waals surface area contributed by atoms with E-state index in [1.807, 2.05) is 127 Å². The molecule has 0 aliphatic heterocycles. The Hall–Kier alpha value is -5.20. The van der Waals surface area contributed by atoms with Crippen LogP contribution in [0.5, 0.6) is 0 Å². The van der Waals surface area contributed by atoms with E-state index in [4.69, 9.17) is 9.47 Å². The van der Waals surface area contributed by atoms with Crippen molar-refractivity contribution in [2.75, 3.05) is 13.7 Å². The number of carbonyl (C=O) groups is 2. The molecule has 6 rings (SSSR count). The highest BCUT2D eigenvalue weighted by atomic mass is 16.6. The van der Waals surface area contributed by atoms with Crippen LogP contribution in [0.2, 0.25) is 0 Å². The first-order valence-electron chi connectivity index (χ1n) is 15.1. The molecular weight excluding hydrogens is 562 g/mol. The third kappa shape index (κ3) is 5.61. The predicted molar refractivity (Wildman–Crippen MR) is 174 cm³/mol. The van der Waals surface area contributed by atoms with Gasteiger partial charge >= 0.3 is 12.1 Å². The maximum atomic E-state index is 13.5. The first-order valence-corrected chi connectivity index (χ1v) is 15.1. The van der Waals surface area contributed by atoms with E-state index in [0.717, 1.165) is 43.8 Å². The second kappa shape index (κ2) is 12.8. The number of hydrogen-bond donors (Lipinski definition) is 1. The van der Waals surface area contributed by atoms with Crippen molar-refractivity contribution in [2.24, 2.45) is 0 Å². The van der Waals surface area contributed by atoms with Crippen LogP contribution in [-0.2, 0) is 19.9 Å². The van der Waals surface area contributed by atoms with Crippen molar-refractivity contribution in [1.29, 1.82) is 0 Å². The highest BCUT2D eigenvalue weighted by Gasteiger charge is 2.44. The fourth-order valence-corrected chi connectivity index (χ4v) is 6.56. The molecule has 6 nitrogen and oxygen atoms in total. The maximum Gasteiger partial charge on any atom is 0.410 e. The number of carboxylic acids is 1. The number of carbonyl (C=O) groups excluding carboxylic acids is 1. The lowest BCUT2D eigenvalue weighted by molar-refractivity contribution is -0.152. The van der Waals surface area contributed by atoms with Crippen LogP contribution in [0.1, 0.15) is 40.7 Å². The average molecular weight is 598 g/mol. The lowest BCUT2D eigenvalue weighted by Crippen LogP contribution is -2.52. The molecule has 0 heterocycles. The van der Waals surface area contributed by atoms with Gasteiger partial charge in [0.25, 0.3) is 0 Å². The average Bonchev–Trinajstić information content (AvgIpc) is 3.40. The minimum absolute atomic E-state index is 0.0841. The number of hydrogen-bond acceptors (Lipinski definition) is 4. The van der Waals surface area contributed by atoms with E-state index in [9.17, 15) is 14.7 Å². The summed E-state index contributed by atoms with van der Waals surface area (Å²) in [5, 5.41) is 10.5. The van der Waals surface area contributed by atoms with Crippen LogP contribution in [0.15, 0.2) is 140 Å². The zero-order valence-corrected chi connectivity index (χ0v) is 25.2. The standard InChI is InChI=1S/C39H35NO5/c1-27(45-39(28-16-6-3-7-17-28,29-18-8-4-9-19-29)30-20-10-5-11-21-30)36(37(41)42)40(2)38(43)44-26-35-33-24-14-12-22-31(33)32-23-13-15-25-34(32)35/h3-25,27,35-36H,26H2,1-2H3,(H,41,42)/t27-,36-/m0/s1. The molecule has 2 atom stereocenters. The van der Waals surface area contributed by atoms with E-state index in [1.54, 1.807) is 6.92 Å². The molecular formula is C39H35NO5. The van der Waals surface area contributed by atoms with Crippen molar-refractivity contribution >= 4 is 12.1 Å². The van der Waals surface area contributed by atoms with Crippen LogP contribution in [0, 0.1) is 0 Å². The lowest BCUT2D eigenvalue weighted by atomic mass is 9.79. The summed E-state index contributed by atoms with van der Waals surface area (Å²) in [6.07, 6.45) is -1.68. The van der Waals surface area contributed by atoms with Gasteiger partial charge in [0.2, 0.25) is 0 Å². The summed E-state index contributed by atoms with van der Waals surface area (Å²) in [5.41, 5.74) is 5.75. The summed E-state index contributed by atoms with van der Waals surface area (Å²) in [5.74, 6) is -1.34. The Bertz CT molecular complexity index is 1630. The monoisotopic (exact) mass is 597 g/mol. The zero-order valence-electron chi connectivity index (χ0n) is 25.2. The molecule has 0 saturated heterocycles. The van der Waals surface area contributed by atoms with Crippen LogP contribution >= 0.6 is 0 Å². The van der Waals surface area contributed by atoms with Crippen molar-refractivity contribution in [1.82, 2.24) is 4.90 Å². The molecule has 0 unspecified atom stereocenters. The molecule has 0 saturated carbocycles. The van der Waals surface area contributed by atoms with Crippen LogP contribution in [0.25, 0.3) is 11.1 Å². The van der Waals surface area contributed by atoms with Crippen LogP contribution in [0.3, 0.4) is 0 Å². The summed E-state index contributed by atoms with van der Waals surface area (Å²) < 4.78 is 12.8. The van der Waals surface area contributed by atoms with E-state index in [2.05, 4.69) is 12.1 Å². The van der Waals surface area contributed by atoms with E-state index in [1.165, 1.54) is 7.05 Å². The molecule has 0 fully saturated rings. The SMILES string of the molecule is C[C@H](OC(c1ccccc1)(c1ccccc1)c1ccccc1)[C@@H](C(=O)O)N(C)C(=O)OCC1c2ccccc2-c2ccccc21. The third-order valence-corrected chi connectivity index (χ3v) is 8.64. The van der Waals surface area contributed by atoms with Gasteiger partial charge in [-0.25, -0.2) is 9.59 Å². The summed E-state index contributed by atoms with van der Waals surface area (Å²) in [6, 6.07) is 44.0. The summed E-state index contributed by atoms with van der Waals surface area (Å²) in [4.78, 5) is 27.5. The Morgan fingerprint density at radius 1 is 0.689 bits per heavy atom. The Balaban J connectivity index is 1.29. The van der Waals surface area contributed by atoms with Crippen molar-refractivity contribution in [3.8, 4) is 11.1 Å². The van der Waals surface area contributed by atoms with E-state index >= 15 is 0 Å². The predicted octanol–water partition coefficient (Wildman–Crippen LogP) is 7.72. The Kier molecular flexibility index (Phi) is 8.49. The quantitative estimate of drug-likeness (QED) is 0.167. The first-order chi connectivity index (χ1) is 21.9. The Morgan fingerprint density at radius 2 is 1.09 bits per heavy atom. The molecule has 6 heteroatoms. The number of amides is 1. The van der Waals surface area contributed by atoms with E-state index in [-0.39, 0.29) is 12.5 Å². The topological polar surface area (TPSA) is 76.1 Å². The molecule has 0 aromatic heterocycles. The Labute approximate surface area is 263 Å². The van der Waals surface area contributed by atoms with Crippen LogP contribution < -0.4 is 0 Å². The van der Waals surface area contributed by atoms with Gasteiger partial charge in [-0.3, -0.25) is 4.90 Å². The first kappa shape index (κ1) is 29.9. The number of carboxylic acid groups (broad SMARTS) is 1. The highest BCUT2D eigenvalue weighted by Crippen LogP contribution is 2.45. The molecule has 226 valence electrons. The normalized spacial score (nSPS) is 13.7. The van der Waals surface area contributed by atoms with Gasteiger partial charge in [-0.15, -0.1) is 0 Å². The van der Waals surface area contributed by atoms with Gasteiger partial charge in [0.1, 0.15) is 12.2 Å². The van der Waals surface area contributed by atoms with Gasteiger partial charge in [-0.1, -0.05) is 140 Å². The lowest BCUT2D eigenvalue weighted by Gasteiger charge is -2.40. The van der Waals surface area contributed by atoms with Gasteiger partial charge in [0, 0.05) is 13.0 Å². The number of likely N-dealkylation sites (N-methyl/N-ethyl adjacent to an activating group) is 1. The fraction of sp³-hybridized carbons (Fsp3) is 0.179. The molecule has 1 aliphatic carbocycles. The molecule has 1 aliphatic rings. The van der Waals surface area contributed by atoms with Gasteiger partial charge in [-0.05, 0) is 45.9 Å². The fourth-order valence-electron chi connectivity index (χ4n) is 6.56. The summed E-state index contributed by atoms with van der Waals surface area (Å²) in [7, 11) is 1.45. The number of ether oxygens (including phenoxy) is 2. The third-order valence-electron chi connectivity index (χ3n) is 8.64. The molecule has 5 aromatic carbocycles. The molecule has 45 heavy (non-hydrogen) atoms. The second-order valence-corrected chi connectivity index (χ2v) is 11.3. The molecule has 1 amide bonds. The van der Waals surface area contributed by atoms with Gasteiger partial charge in [0.05, 0.1) is 6.10 Å². The molecule has 5 aromatic rings. The summed E-state index contributed by atoms with van der Waals surface area (Å²) in [6.45, 7) is 1.77. The number of rotatable bonds is 10. The zero-order chi connectivity index (χ0) is 31.4. The molecule has 0 bridgehead atoms. The van der Waals surface area contributed by atoms with Gasteiger partial charge in [-0.2, -0.15) is 0 Å². The maximum absolute atomic E-state index is 13.5. The summed E-state index contributed by atoms with van der Waals surface area (Å²) >= 11 is 0. The highest BCUT2D eigenvalue weighted by molar-refractivity contribution is 5.81. The smallest absolute Gasteiger partial charge is 0.410 e.